The van der Waals surface area contributed by atoms with Crippen molar-refractivity contribution in [1.29, 1.82) is 0 Å². The fourth-order valence-electron chi connectivity index (χ4n) is 1.82. The molecule has 2 rings (SSSR count). The minimum absolute atomic E-state index is 0.0506. The summed E-state index contributed by atoms with van der Waals surface area (Å²) in [7, 11) is 0. The number of imide groups is 1. The number of halogens is 4. The summed E-state index contributed by atoms with van der Waals surface area (Å²) in [5, 5.41) is 2.17. The molecule has 1 aliphatic rings. The molecule has 1 aromatic rings. The number of amides is 3. The highest BCUT2D eigenvalue weighted by molar-refractivity contribution is 9.10. The number of nitrogens with zero attached hydrogens (tertiary/aromatic N) is 1. The standard InChI is InChI=1S/C12H10BrF3N2O3/c1-6-5-18(11(20)17-10(6)19)7-2-3-9(8(13)4-7)21-12(14,15)16/h2-4,6H,5H2,1H3,(H,17,19,20). The van der Waals surface area contributed by atoms with Crippen LogP contribution in [0.4, 0.5) is 23.7 Å². The topological polar surface area (TPSA) is 58.6 Å². The van der Waals surface area contributed by atoms with Crippen LogP contribution in [-0.2, 0) is 4.79 Å². The molecular weight excluding hydrogens is 357 g/mol. The zero-order chi connectivity index (χ0) is 15.8. The van der Waals surface area contributed by atoms with E-state index in [2.05, 4.69) is 26.0 Å². The molecule has 0 aromatic heterocycles. The lowest BCUT2D eigenvalue weighted by Crippen LogP contribution is -2.53. The number of rotatable bonds is 2. The molecule has 0 bridgehead atoms. The molecule has 5 nitrogen and oxygen atoms in total. The zero-order valence-corrected chi connectivity index (χ0v) is 12.3. The van der Waals surface area contributed by atoms with Crippen molar-refractivity contribution >= 4 is 33.6 Å². The summed E-state index contributed by atoms with van der Waals surface area (Å²) in [4.78, 5) is 24.4. The van der Waals surface area contributed by atoms with Gasteiger partial charge >= 0.3 is 12.4 Å². The van der Waals surface area contributed by atoms with Crippen LogP contribution in [0.2, 0.25) is 0 Å². The first-order chi connectivity index (χ1) is 9.67. The van der Waals surface area contributed by atoms with Crippen LogP contribution in [0.25, 0.3) is 0 Å². The molecule has 0 spiro atoms. The van der Waals surface area contributed by atoms with Gasteiger partial charge in [-0.2, -0.15) is 0 Å². The fourth-order valence-corrected chi connectivity index (χ4v) is 2.27. The van der Waals surface area contributed by atoms with Crippen LogP contribution in [-0.4, -0.2) is 24.8 Å². The number of carbonyl (C=O) groups excluding carboxylic acids is 2. The first-order valence-electron chi connectivity index (χ1n) is 5.85. The highest BCUT2D eigenvalue weighted by atomic mass is 79.9. The number of urea groups is 1. The van der Waals surface area contributed by atoms with Crippen LogP contribution in [0.1, 0.15) is 6.92 Å². The minimum atomic E-state index is -4.80. The van der Waals surface area contributed by atoms with Gasteiger partial charge in [0.25, 0.3) is 0 Å². The molecule has 1 saturated heterocycles. The summed E-state index contributed by atoms with van der Waals surface area (Å²) in [5.74, 6) is -1.20. The normalized spacial score (nSPS) is 19.5. The Balaban J connectivity index is 2.24. The predicted octanol–water partition coefficient (Wildman–Crippen LogP) is 3.04. The molecule has 1 N–H and O–H groups in total. The maximum atomic E-state index is 12.2. The van der Waals surface area contributed by atoms with Crippen molar-refractivity contribution in [1.82, 2.24) is 5.32 Å². The average molecular weight is 367 g/mol. The Bertz CT molecular complexity index is 592. The third kappa shape index (κ3) is 3.66. The predicted molar refractivity (Wildman–Crippen MR) is 70.9 cm³/mol. The van der Waals surface area contributed by atoms with E-state index in [1.54, 1.807) is 6.92 Å². The van der Waals surface area contributed by atoms with Gasteiger partial charge in [-0.25, -0.2) is 4.79 Å². The molecule has 1 aliphatic heterocycles. The van der Waals surface area contributed by atoms with Crippen LogP contribution >= 0.6 is 15.9 Å². The quantitative estimate of drug-likeness (QED) is 0.874. The van der Waals surface area contributed by atoms with E-state index in [1.807, 2.05) is 0 Å². The lowest BCUT2D eigenvalue weighted by molar-refractivity contribution is -0.274. The first kappa shape index (κ1) is 15.6. The van der Waals surface area contributed by atoms with Crippen LogP contribution in [0.3, 0.4) is 0 Å². The Labute approximate surface area is 126 Å². The van der Waals surface area contributed by atoms with E-state index in [9.17, 15) is 22.8 Å². The maximum absolute atomic E-state index is 12.2. The van der Waals surface area contributed by atoms with Crippen LogP contribution in [0.5, 0.6) is 5.75 Å². The Morgan fingerprint density at radius 2 is 2.05 bits per heavy atom. The molecule has 9 heteroatoms. The second-order valence-electron chi connectivity index (χ2n) is 4.47. The summed E-state index contributed by atoms with van der Waals surface area (Å²) >= 11 is 2.96. The van der Waals surface area contributed by atoms with E-state index in [-0.39, 0.29) is 16.9 Å². The Morgan fingerprint density at radius 1 is 1.38 bits per heavy atom. The Hall–Kier alpha value is -1.77. The van der Waals surface area contributed by atoms with Gasteiger partial charge in [0, 0.05) is 12.2 Å². The number of ether oxygens (including phenoxy) is 1. The maximum Gasteiger partial charge on any atom is 0.573 e. The molecule has 1 fully saturated rings. The second kappa shape index (κ2) is 5.55. The van der Waals surface area contributed by atoms with E-state index < -0.39 is 24.1 Å². The van der Waals surface area contributed by atoms with E-state index in [0.29, 0.717) is 5.69 Å². The molecule has 0 aliphatic carbocycles. The van der Waals surface area contributed by atoms with Crippen LogP contribution < -0.4 is 15.0 Å². The van der Waals surface area contributed by atoms with Gasteiger partial charge in [0.1, 0.15) is 5.75 Å². The number of nitrogens with one attached hydrogen (secondary N) is 1. The highest BCUT2D eigenvalue weighted by Crippen LogP contribution is 2.34. The zero-order valence-electron chi connectivity index (χ0n) is 10.7. The number of benzene rings is 1. The molecule has 21 heavy (non-hydrogen) atoms. The number of anilines is 1. The third-order valence-corrected chi connectivity index (χ3v) is 3.45. The van der Waals surface area contributed by atoms with Crippen molar-refractivity contribution in [3.8, 4) is 5.75 Å². The second-order valence-corrected chi connectivity index (χ2v) is 5.32. The summed E-state index contributed by atoms with van der Waals surface area (Å²) < 4.78 is 40.4. The molecule has 0 radical (unpaired) electrons. The molecule has 114 valence electrons. The molecule has 1 aromatic carbocycles. The largest absolute Gasteiger partial charge is 0.573 e. The van der Waals surface area contributed by atoms with Gasteiger partial charge < -0.3 is 4.74 Å². The van der Waals surface area contributed by atoms with Crippen molar-refractivity contribution < 1.29 is 27.5 Å². The van der Waals surface area contributed by atoms with Crippen LogP contribution in [0, 0.1) is 5.92 Å². The van der Waals surface area contributed by atoms with Crippen LogP contribution in [0.15, 0.2) is 22.7 Å². The fraction of sp³-hybridized carbons (Fsp3) is 0.333. The van der Waals surface area contributed by atoms with Crippen molar-refractivity contribution in [3.05, 3.63) is 22.7 Å². The smallest absolute Gasteiger partial charge is 0.405 e. The monoisotopic (exact) mass is 366 g/mol. The molecular formula is C12H10BrF3N2O3. The summed E-state index contributed by atoms with van der Waals surface area (Å²) in [5.41, 5.74) is 0.355. The summed E-state index contributed by atoms with van der Waals surface area (Å²) in [6, 6.07) is 3.12. The minimum Gasteiger partial charge on any atom is -0.405 e. The average Bonchev–Trinajstić information content (AvgIpc) is 2.35. The van der Waals surface area contributed by atoms with E-state index in [0.717, 1.165) is 6.07 Å². The molecule has 1 heterocycles. The number of carbonyl (C=O) groups is 2. The van der Waals surface area contributed by atoms with Gasteiger partial charge in [0.2, 0.25) is 5.91 Å². The van der Waals surface area contributed by atoms with Gasteiger partial charge in [0.05, 0.1) is 10.4 Å². The lowest BCUT2D eigenvalue weighted by atomic mass is 10.1. The van der Waals surface area contributed by atoms with E-state index in [1.165, 1.54) is 17.0 Å². The van der Waals surface area contributed by atoms with Crippen molar-refractivity contribution in [2.24, 2.45) is 5.92 Å². The van der Waals surface area contributed by atoms with E-state index >= 15 is 0 Å². The van der Waals surface area contributed by atoms with Gasteiger partial charge in [-0.05, 0) is 34.1 Å². The van der Waals surface area contributed by atoms with Gasteiger partial charge in [-0.3, -0.25) is 15.0 Å². The number of hydrogen-bond donors (Lipinski definition) is 1. The van der Waals surface area contributed by atoms with Gasteiger partial charge in [-0.1, -0.05) is 6.92 Å². The van der Waals surface area contributed by atoms with Crippen molar-refractivity contribution in [3.63, 3.8) is 0 Å². The number of hydrogen-bond acceptors (Lipinski definition) is 3. The molecule has 3 amide bonds. The number of alkyl halides is 3. The summed E-state index contributed by atoms with van der Waals surface area (Å²) in [6.45, 7) is 1.79. The van der Waals surface area contributed by atoms with Gasteiger partial charge in [0.15, 0.2) is 0 Å². The highest BCUT2D eigenvalue weighted by Gasteiger charge is 2.33. The first-order valence-corrected chi connectivity index (χ1v) is 6.64. The molecule has 1 atom stereocenters. The SMILES string of the molecule is CC1CN(c2ccc(OC(F)(F)F)c(Br)c2)C(=O)NC1=O. The Kier molecular flexibility index (Phi) is 4.13. The van der Waals surface area contributed by atoms with E-state index in [4.69, 9.17) is 0 Å². The molecule has 0 saturated carbocycles. The lowest BCUT2D eigenvalue weighted by Gasteiger charge is -2.30. The summed E-state index contributed by atoms with van der Waals surface area (Å²) in [6.07, 6.45) is -4.80. The Morgan fingerprint density at radius 3 is 2.62 bits per heavy atom. The van der Waals surface area contributed by atoms with Crippen molar-refractivity contribution in [2.45, 2.75) is 13.3 Å². The van der Waals surface area contributed by atoms with Gasteiger partial charge in [-0.15, -0.1) is 13.2 Å². The molecule has 1 unspecified atom stereocenters. The van der Waals surface area contributed by atoms with Crippen molar-refractivity contribution in [2.75, 3.05) is 11.4 Å². The third-order valence-electron chi connectivity index (χ3n) is 2.83.